The summed E-state index contributed by atoms with van der Waals surface area (Å²) in [5.74, 6) is -1.46. The van der Waals surface area contributed by atoms with E-state index in [-0.39, 0.29) is 75.0 Å². The maximum absolute atomic E-state index is 14.1. The first-order valence-corrected chi connectivity index (χ1v) is 19.0. The van der Waals surface area contributed by atoms with Gasteiger partial charge < -0.3 is 46.5 Å². The van der Waals surface area contributed by atoms with E-state index in [1.807, 2.05) is 0 Å². The molecule has 3 aliphatic heterocycles. The zero-order valence-electron chi connectivity index (χ0n) is 31.9. The molecule has 310 valence electrons. The van der Waals surface area contributed by atoms with Gasteiger partial charge in [-0.2, -0.15) is 18.3 Å². The van der Waals surface area contributed by atoms with Gasteiger partial charge in [0.25, 0.3) is 11.8 Å². The van der Waals surface area contributed by atoms with E-state index in [0.29, 0.717) is 52.1 Å². The van der Waals surface area contributed by atoms with Crippen LogP contribution in [0.15, 0.2) is 42.7 Å². The first-order chi connectivity index (χ1) is 27.5. The predicted molar refractivity (Wildman–Crippen MR) is 207 cm³/mol. The molecular formula is C37H45ClF3N12O5+. The van der Waals surface area contributed by atoms with Gasteiger partial charge in [-0.05, 0) is 49.3 Å². The number of benzene rings is 1. The lowest BCUT2D eigenvalue weighted by Crippen LogP contribution is -3.14. The minimum atomic E-state index is -4.86. The number of hydrogen-bond acceptors (Lipinski definition) is 10. The maximum atomic E-state index is 14.1. The Bertz CT molecular complexity index is 2170. The van der Waals surface area contributed by atoms with Crippen LogP contribution in [0.5, 0.6) is 0 Å². The number of anilines is 3. The molecule has 4 aromatic rings. The van der Waals surface area contributed by atoms with Crippen molar-refractivity contribution in [2.24, 2.45) is 18.9 Å². The number of quaternary nitrogens is 1. The van der Waals surface area contributed by atoms with E-state index >= 15 is 0 Å². The molecular weight excluding hydrogens is 785 g/mol. The number of imidazole rings is 1. The first kappa shape index (κ1) is 41.9. The highest BCUT2D eigenvalue weighted by molar-refractivity contribution is 6.34. The van der Waals surface area contributed by atoms with Crippen LogP contribution in [0.4, 0.5) is 30.4 Å². The summed E-state index contributed by atoms with van der Waals surface area (Å²) in [5, 5.41) is 18.5. The second-order valence-electron chi connectivity index (χ2n) is 14.6. The number of hydrogen-bond donors (Lipinski definition) is 6. The van der Waals surface area contributed by atoms with Crippen molar-refractivity contribution in [3.8, 4) is 17.1 Å². The van der Waals surface area contributed by atoms with Crippen LogP contribution in [0.25, 0.3) is 17.1 Å². The summed E-state index contributed by atoms with van der Waals surface area (Å²) in [5.41, 5.74) is 10.3. The average molecular weight is 830 g/mol. The Kier molecular flexibility index (Phi) is 12.6. The Morgan fingerprint density at radius 2 is 1.69 bits per heavy atom. The molecule has 3 fully saturated rings. The Morgan fingerprint density at radius 3 is 2.26 bits per heavy atom. The summed E-state index contributed by atoms with van der Waals surface area (Å²) in [4.78, 5) is 63.1. The third-order valence-corrected chi connectivity index (χ3v) is 10.7. The molecule has 3 aliphatic rings. The van der Waals surface area contributed by atoms with Crippen molar-refractivity contribution in [1.82, 2.24) is 39.4 Å². The van der Waals surface area contributed by atoms with Gasteiger partial charge in [-0.3, -0.25) is 14.4 Å². The van der Waals surface area contributed by atoms with Gasteiger partial charge in [0.1, 0.15) is 5.82 Å². The van der Waals surface area contributed by atoms with Crippen LogP contribution in [0.2, 0.25) is 5.02 Å². The minimum absolute atomic E-state index is 0.00561. The molecule has 0 atom stereocenters. The summed E-state index contributed by atoms with van der Waals surface area (Å²) in [6, 6.07) is 7.05. The highest BCUT2D eigenvalue weighted by Crippen LogP contribution is 2.37. The number of piperidine rings is 1. The number of nitrogen functional groups attached to an aromatic ring is 2. The molecule has 0 spiro atoms. The minimum Gasteiger partial charge on any atom is -0.477 e. The topological polar surface area (TPSA) is 224 Å². The molecule has 8 N–H and O–H groups in total. The van der Waals surface area contributed by atoms with Crippen molar-refractivity contribution in [3.05, 3.63) is 64.8 Å². The normalized spacial score (nSPS) is 18.5. The molecule has 0 aliphatic carbocycles. The van der Waals surface area contributed by atoms with E-state index in [1.54, 1.807) is 9.80 Å². The number of halogens is 4. The Labute approximate surface area is 336 Å². The number of alkyl halides is 3. The molecule has 3 aromatic heterocycles. The highest BCUT2D eigenvalue weighted by Gasteiger charge is 2.39. The number of carboxylic acids is 1. The molecule has 0 unspecified atom stereocenters. The van der Waals surface area contributed by atoms with Crippen LogP contribution >= 0.6 is 11.6 Å². The van der Waals surface area contributed by atoms with Crippen LogP contribution in [0, 0.1) is 11.8 Å². The van der Waals surface area contributed by atoms with Crippen LogP contribution in [-0.2, 0) is 22.8 Å². The van der Waals surface area contributed by atoms with Gasteiger partial charge in [-0.15, -0.1) is 0 Å². The van der Waals surface area contributed by atoms with Crippen molar-refractivity contribution in [1.29, 1.82) is 0 Å². The number of nitrogens with two attached hydrogens (primary N) is 2. The Hall–Kier alpha value is -5.73. The monoisotopic (exact) mass is 829 g/mol. The van der Waals surface area contributed by atoms with E-state index in [2.05, 4.69) is 32.6 Å². The van der Waals surface area contributed by atoms with Crippen LogP contribution < -0.4 is 27.0 Å². The number of carbonyl (C=O) groups excluding carboxylic acids is 3. The summed E-state index contributed by atoms with van der Waals surface area (Å²) in [6.45, 7) is 7.28. The molecule has 0 saturated carbocycles. The van der Waals surface area contributed by atoms with Crippen molar-refractivity contribution >= 4 is 52.5 Å². The van der Waals surface area contributed by atoms with Crippen molar-refractivity contribution < 1.29 is 42.4 Å². The predicted octanol–water partition coefficient (Wildman–Crippen LogP) is 1.65. The fourth-order valence-electron chi connectivity index (χ4n) is 6.97. The number of nitrogens with zero attached hydrogens (tertiary/aromatic N) is 7. The molecule has 17 nitrogen and oxygen atoms in total. The zero-order chi connectivity index (χ0) is 41.9. The second-order valence-corrected chi connectivity index (χ2v) is 15.0. The van der Waals surface area contributed by atoms with Gasteiger partial charge >= 0.3 is 12.1 Å². The van der Waals surface area contributed by atoms with E-state index in [4.69, 9.17) is 28.2 Å². The lowest BCUT2D eigenvalue weighted by molar-refractivity contribution is -0.898. The van der Waals surface area contributed by atoms with Gasteiger partial charge in [0.15, 0.2) is 23.9 Å². The number of carboxylic acid groups (broad SMARTS) is 1. The highest BCUT2D eigenvalue weighted by atomic mass is 35.5. The molecule has 1 aromatic carbocycles. The number of aliphatic carboxylic acids is 1. The fourth-order valence-corrected chi connectivity index (χ4v) is 7.23. The van der Waals surface area contributed by atoms with Crippen molar-refractivity contribution in [2.75, 3.05) is 75.7 Å². The third kappa shape index (κ3) is 9.51. The second kappa shape index (κ2) is 17.4. The fraction of sp³-hybridized carbons (Fsp3) is 0.432. The smallest absolute Gasteiger partial charge is 0.435 e. The SMILES string of the molecule is CC1CNC1.Cn1c(-c2cn(-c3ccc(N)c(N)n3)nc2C(F)(F)F)cnc1C(=O)Nc1ccc(C(=O)N2CCN(C(=O)C3CC[NH+](CC(=O)O)CC3)CC2)c(Cl)c1. The number of piperazine rings is 1. The lowest BCUT2D eigenvalue weighted by Gasteiger charge is -2.37. The van der Waals surface area contributed by atoms with E-state index in [0.717, 1.165) is 27.9 Å². The Balaban J connectivity index is 0.00000105. The van der Waals surface area contributed by atoms with E-state index < -0.39 is 23.7 Å². The first-order valence-electron chi connectivity index (χ1n) is 18.7. The van der Waals surface area contributed by atoms with Crippen LogP contribution in [-0.4, -0.2) is 122 Å². The van der Waals surface area contributed by atoms with Gasteiger partial charge in [-0.25, -0.2) is 19.4 Å². The molecule has 3 amide bonds. The maximum Gasteiger partial charge on any atom is 0.435 e. The standard InChI is InChI=1S/C33H35ClF3N11O5.C4H9N/c1-44-24(21-16-48(43-27(21)33(35,36)37)25-5-4-23(38)28(39)42-25)15-40-29(44)30(51)41-19-2-3-20(22(34)14-19)32(53)47-12-10-46(11-13-47)31(52)18-6-8-45(9-7-18)17-26(49)50;1-4-2-5-3-4/h2-5,14-16,18H,6-13,17,38H2,1H3,(H2,39,42)(H,41,51)(H,49,50);4-5H,2-3H2,1H3/p+1. The largest absolute Gasteiger partial charge is 0.477 e. The number of pyridine rings is 1. The van der Waals surface area contributed by atoms with Crippen LogP contribution in [0.3, 0.4) is 0 Å². The summed E-state index contributed by atoms with van der Waals surface area (Å²) in [6.07, 6.45) is -1.42. The molecule has 6 heterocycles. The summed E-state index contributed by atoms with van der Waals surface area (Å²) >= 11 is 6.49. The summed E-state index contributed by atoms with van der Waals surface area (Å²) in [7, 11) is 1.38. The quantitative estimate of drug-likeness (QED) is 0.150. The molecule has 0 bridgehead atoms. The van der Waals surface area contributed by atoms with E-state index in [1.165, 1.54) is 55.0 Å². The van der Waals surface area contributed by atoms with Gasteiger partial charge in [-0.1, -0.05) is 18.5 Å². The average Bonchev–Trinajstić information content (AvgIpc) is 3.79. The van der Waals surface area contributed by atoms with E-state index in [9.17, 15) is 32.3 Å². The van der Waals surface area contributed by atoms with Crippen molar-refractivity contribution in [2.45, 2.75) is 25.9 Å². The molecule has 0 radical (unpaired) electrons. The number of aromatic nitrogens is 5. The Morgan fingerprint density at radius 1 is 1.03 bits per heavy atom. The number of amides is 3. The molecule has 7 rings (SSSR count). The summed E-state index contributed by atoms with van der Waals surface area (Å²) < 4.78 is 44.3. The number of carbonyl (C=O) groups is 4. The van der Waals surface area contributed by atoms with Crippen LogP contribution in [0.1, 0.15) is 46.4 Å². The molecule has 3 saturated heterocycles. The number of likely N-dealkylation sites (tertiary alicyclic amines) is 1. The van der Waals surface area contributed by atoms with Gasteiger partial charge in [0.2, 0.25) is 5.91 Å². The molecule has 58 heavy (non-hydrogen) atoms. The van der Waals surface area contributed by atoms with Crippen molar-refractivity contribution in [3.63, 3.8) is 0 Å². The lowest BCUT2D eigenvalue weighted by atomic mass is 9.95. The number of nitrogens with one attached hydrogen (secondary N) is 3. The number of rotatable bonds is 8. The molecule has 21 heteroatoms. The van der Waals surface area contributed by atoms with Gasteiger partial charge in [0, 0.05) is 63.9 Å². The third-order valence-electron chi connectivity index (χ3n) is 10.4. The zero-order valence-corrected chi connectivity index (χ0v) is 32.6. The van der Waals surface area contributed by atoms with Gasteiger partial charge in [0.05, 0.1) is 46.8 Å².